The predicted octanol–water partition coefficient (Wildman–Crippen LogP) is 5.37. The Hall–Kier alpha value is -1.92. The van der Waals surface area contributed by atoms with Gasteiger partial charge < -0.3 is 4.90 Å². The smallest absolute Gasteiger partial charge is 0.237 e. The second-order valence-electron chi connectivity index (χ2n) is 7.42. The highest BCUT2D eigenvalue weighted by molar-refractivity contribution is 8.00. The van der Waals surface area contributed by atoms with Crippen molar-refractivity contribution in [3.05, 3.63) is 46.1 Å². The van der Waals surface area contributed by atoms with Crippen LogP contribution in [0.25, 0.3) is 10.2 Å². The van der Waals surface area contributed by atoms with E-state index in [9.17, 15) is 4.79 Å². The van der Waals surface area contributed by atoms with E-state index in [4.69, 9.17) is 9.97 Å². The predicted molar refractivity (Wildman–Crippen MR) is 119 cm³/mol. The standard InChI is InChI=1S/C22H25N3OS2/c1-5-16-14(4)28-22-19(16)21(23-20(24-22)13(2)3)27-12-18(26)25-11-10-15-8-6-7-9-17(15)25/h6-9,13H,5,10-12H2,1-4H3. The van der Waals surface area contributed by atoms with E-state index in [2.05, 4.69) is 33.8 Å². The number of thioether (sulfide) groups is 1. The van der Waals surface area contributed by atoms with Gasteiger partial charge in [0, 0.05) is 28.4 Å². The largest absolute Gasteiger partial charge is 0.311 e. The van der Waals surface area contributed by atoms with Gasteiger partial charge in [-0.05, 0) is 37.0 Å². The summed E-state index contributed by atoms with van der Waals surface area (Å²) < 4.78 is 0. The Morgan fingerprint density at radius 2 is 2.07 bits per heavy atom. The van der Waals surface area contributed by atoms with E-state index in [1.54, 1.807) is 23.1 Å². The molecule has 0 bridgehead atoms. The molecule has 2 aromatic heterocycles. The average molecular weight is 412 g/mol. The first-order valence-electron chi connectivity index (χ1n) is 9.80. The quantitative estimate of drug-likeness (QED) is 0.418. The molecular weight excluding hydrogens is 386 g/mol. The number of benzene rings is 1. The van der Waals surface area contributed by atoms with E-state index in [0.717, 1.165) is 46.1 Å². The highest BCUT2D eigenvalue weighted by Gasteiger charge is 2.25. The van der Waals surface area contributed by atoms with Crippen LogP contribution in [0.15, 0.2) is 29.3 Å². The molecular formula is C22H25N3OS2. The molecule has 0 atom stereocenters. The molecule has 0 radical (unpaired) electrons. The molecule has 0 saturated carbocycles. The zero-order valence-corrected chi connectivity index (χ0v) is 18.4. The number of aryl methyl sites for hydroxylation is 2. The lowest BCUT2D eigenvalue weighted by Crippen LogP contribution is -2.30. The van der Waals surface area contributed by atoms with Crippen LogP contribution in [0.3, 0.4) is 0 Å². The first-order chi connectivity index (χ1) is 13.5. The Balaban J connectivity index is 1.63. The summed E-state index contributed by atoms with van der Waals surface area (Å²) in [6, 6.07) is 8.20. The van der Waals surface area contributed by atoms with Crippen LogP contribution >= 0.6 is 23.1 Å². The molecule has 28 heavy (non-hydrogen) atoms. The molecule has 1 aliphatic heterocycles. The molecule has 4 nitrogen and oxygen atoms in total. The number of fused-ring (bicyclic) bond motifs is 2. The number of hydrogen-bond donors (Lipinski definition) is 0. The van der Waals surface area contributed by atoms with Crippen molar-refractivity contribution in [1.29, 1.82) is 0 Å². The molecule has 3 heterocycles. The number of carbonyl (C=O) groups excluding carboxylic acids is 1. The fourth-order valence-electron chi connectivity index (χ4n) is 3.74. The Labute approximate surface area is 174 Å². The molecule has 0 fully saturated rings. The lowest BCUT2D eigenvalue weighted by molar-refractivity contribution is -0.116. The van der Waals surface area contributed by atoms with Gasteiger partial charge in [-0.1, -0.05) is 50.7 Å². The normalized spacial score (nSPS) is 13.5. The van der Waals surface area contributed by atoms with Crippen LogP contribution in [-0.4, -0.2) is 28.2 Å². The van der Waals surface area contributed by atoms with Crippen LogP contribution in [0.2, 0.25) is 0 Å². The minimum atomic E-state index is 0.151. The highest BCUT2D eigenvalue weighted by atomic mass is 32.2. The molecule has 0 saturated heterocycles. The minimum Gasteiger partial charge on any atom is -0.311 e. The van der Waals surface area contributed by atoms with Gasteiger partial charge in [-0.3, -0.25) is 4.79 Å². The van der Waals surface area contributed by atoms with Gasteiger partial charge in [0.25, 0.3) is 0 Å². The maximum atomic E-state index is 13.0. The zero-order valence-electron chi connectivity index (χ0n) is 16.8. The number of aromatic nitrogens is 2. The Morgan fingerprint density at radius 3 is 2.82 bits per heavy atom. The summed E-state index contributed by atoms with van der Waals surface area (Å²) in [6.45, 7) is 9.33. The molecule has 1 amide bonds. The summed E-state index contributed by atoms with van der Waals surface area (Å²) >= 11 is 3.30. The number of hydrogen-bond acceptors (Lipinski definition) is 5. The second-order valence-corrected chi connectivity index (χ2v) is 9.59. The highest BCUT2D eigenvalue weighted by Crippen LogP contribution is 2.37. The summed E-state index contributed by atoms with van der Waals surface area (Å²) in [6.07, 6.45) is 1.89. The summed E-state index contributed by atoms with van der Waals surface area (Å²) in [5, 5.41) is 2.10. The van der Waals surface area contributed by atoms with E-state index in [1.807, 2.05) is 23.1 Å². The third-order valence-electron chi connectivity index (χ3n) is 5.23. The number of thiophene rings is 1. The van der Waals surface area contributed by atoms with Crippen molar-refractivity contribution in [3.8, 4) is 0 Å². The molecule has 146 valence electrons. The van der Waals surface area contributed by atoms with Crippen molar-refractivity contribution in [1.82, 2.24) is 9.97 Å². The lowest BCUT2D eigenvalue weighted by atomic mass is 10.1. The van der Waals surface area contributed by atoms with Gasteiger partial charge in [0.2, 0.25) is 5.91 Å². The molecule has 3 aromatic rings. The summed E-state index contributed by atoms with van der Waals surface area (Å²) in [7, 11) is 0. The third kappa shape index (κ3) is 3.44. The molecule has 0 N–H and O–H groups in total. The number of rotatable bonds is 5. The molecule has 4 rings (SSSR count). The number of nitrogens with zero attached hydrogens (tertiary/aromatic N) is 3. The number of anilines is 1. The molecule has 1 aliphatic rings. The van der Waals surface area contributed by atoms with Gasteiger partial charge in [0.1, 0.15) is 15.7 Å². The monoisotopic (exact) mass is 411 g/mol. The topological polar surface area (TPSA) is 46.1 Å². The van der Waals surface area contributed by atoms with E-state index in [1.165, 1.54) is 16.0 Å². The van der Waals surface area contributed by atoms with Crippen molar-refractivity contribution < 1.29 is 4.79 Å². The van der Waals surface area contributed by atoms with Crippen molar-refractivity contribution in [3.63, 3.8) is 0 Å². The lowest BCUT2D eigenvalue weighted by Gasteiger charge is -2.17. The van der Waals surface area contributed by atoms with Crippen molar-refractivity contribution >= 4 is 44.9 Å². The van der Waals surface area contributed by atoms with Crippen molar-refractivity contribution in [2.45, 2.75) is 51.5 Å². The van der Waals surface area contributed by atoms with Gasteiger partial charge >= 0.3 is 0 Å². The molecule has 1 aromatic carbocycles. The Morgan fingerprint density at radius 1 is 1.29 bits per heavy atom. The van der Waals surface area contributed by atoms with Crippen molar-refractivity contribution in [2.24, 2.45) is 0 Å². The number of para-hydroxylation sites is 1. The van der Waals surface area contributed by atoms with Gasteiger partial charge in [0.15, 0.2) is 0 Å². The second kappa shape index (κ2) is 7.84. The van der Waals surface area contributed by atoms with Crippen LogP contribution in [0, 0.1) is 6.92 Å². The van der Waals surface area contributed by atoms with E-state index in [-0.39, 0.29) is 11.8 Å². The Kier molecular flexibility index (Phi) is 5.43. The number of carbonyl (C=O) groups is 1. The minimum absolute atomic E-state index is 0.151. The van der Waals surface area contributed by atoms with Crippen LogP contribution in [0.4, 0.5) is 5.69 Å². The Bertz CT molecular complexity index is 1040. The van der Waals surface area contributed by atoms with E-state index >= 15 is 0 Å². The number of amides is 1. The van der Waals surface area contributed by atoms with Crippen molar-refractivity contribution in [2.75, 3.05) is 17.2 Å². The summed E-state index contributed by atoms with van der Waals surface area (Å²) in [5.74, 6) is 1.67. The molecule has 0 spiro atoms. The third-order valence-corrected chi connectivity index (χ3v) is 7.23. The van der Waals surface area contributed by atoms with Gasteiger partial charge in [-0.2, -0.15) is 0 Å². The first-order valence-corrected chi connectivity index (χ1v) is 11.6. The van der Waals surface area contributed by atoms with Crippen LogP contribution in [0.5, 0.6) is 0 Å². The molecule has 0 aliphatic carbocycles. The first kappa shape index (κ1) is 19.4. The van der Waals surface area contributed by atoms with Gasteiger partial charge in [-0.15, -0.1) is 11.3 Å². The molecule has 0 unspecified atom stereocenters. The van der Waals surface area contributed by atoms with Gasteiger partial charge in [0.05, 0.1) is 5.75 Å². The summed E-state index contributed by atoms with van der Waals surface area (Å²) in [5.41, 5.74) is 3.63. The maximum absolute atomic E-state index is 13.0. The fourth-order valence-corrected chi connectivity index (χ4v) is 5.87. The van der Waals surface area contributed by atoms with E-state index < -0.39 is 0 Å². The summed E-state index contributed by atoms with van der Waals surface area (Å²) in [4.78, 5) is 26.9. The SMILES string of the molecule is CCc1c(C)sc2nc(C(C)C)nc(SCC(=O)N3CCc4ccccc43)c12. The van der Waals surface area contributed by atoms with Crippen LogP contribution < -0.4 is 4.90 Å². The fraction of sp³-hybridized carbons (Fsp3) is 0.409. The van der Waals surface area contributed by atoms with Crippen LogP contribution in [0.1, 0.15) is 48.5 Å². The van der Waals surface area contributed by atoms with E-state index in [0.29, 0.717) is 5.75 Å². The van der Waals surface area contributed by atoms with Gasteiger partial charge in [-0.25, -0.2) is 9.97 Å². The maximum Gasteiger partial charge on any atom is 0.237 e. The zero-order chi connectivity index (χ0) is 19.8. The van der Waals surface area contributed by atoms with Crippen LogP contribution in [-0.2, 0) is 17.6 Å². The molecule has 6 heteroatoms. The average Bonchev–Trinajstić information content (AvgIpc) is 3.25.